The topological polar surface area (TPSA) is 95.9 Å². The Morgan fingerprint density at radius 2 is 0.965 bits per heavy atom. The quantitative estimate of drug-likeness (QED) is 0.0248. The van der Waals surface area contributed by atoms with E-state index in [4.69, 9.17) is 4.74 Å². The molecule has 57 heavy (non-hydrogen) atoms. The van der Waals surface area contributed by atoms with Gasteiger partial charge in [-0.25, -0.2) is 0 Å². The van der Waals surface area contributed by atoms with E-state index in [2.05, 4.69) is 56.5 Å². The first-order valence-corrected chi connectivity index (χ1v) is 23.7. The second-order valence-corrected chi connectivity index (χ2v) is 15.9. The zero-order chi connectivity index (χ0) is 41.7. The lowest BCUT2D eigenvalue weighted by Gasteiger charge is -2.24. The molecule has 6 heteroatoms. The first-order chi connectivity index (χ1) is 28.0. The van der Waals surface area contributed by atoms with Gasteiger partial charge in [0.05, 0.1) is 25.2 Å². The minimum absolute atomic E-state index is 0.0467. The molecule has 0 saturated heterocycles. The summed E-state index contributed by atoms with van der Waals surface area (Å²) in [5, 5.41) is 23.6. The van der Waals surface area contributed by atoms with Crippen LogP contribution in [-0.2, 0) is 14.3 Å². The Labute approximate surface area is 351 Å². The fourth-order valence-corrected chi connectivity index (χ4v) is 6.80. The predicted molar refractivity (Wildman–Crippen MR) is 245 cm³/mol. The van der Waals surface area contributed by atoms with Gasteiger partial charge < -0.3 is 20.3 Å². The highest BCUT2D eigenvalue weighted by atomic mass is 16.5. The van der Waals surface area contributed by atoms with Crippen LogP contribution in [0.3, 0.4) is 0 Å². The third kappa shape index (κ3) is 39.9. The number of rotatable bonds is 41. The number of hydrogen-bond acceptors (Lipinski definition) is 5. The van der Waals surface area contributed by atoms with Crippen molar-refractivity contribution in [1.82, 2.24) is 5.32 Å². The minimum Gasteiger partial charge on any atom is -0.462 e. The molecule has 3 N–H and O–H groups in total. The van der Waals surface area contributed by atoms with E-state index in [9.17, 15) is 19.8 Å². The number of carbonyl (C=O) groups excluding carboxylic acids is 2. The molecule has 0 aliphatic heterocycles. The average Bonchev–Trinajstić information content (AvgIpc) is 3.20. The number of hydrogen-bond donors (Lipinski definition) is 3. The lowest BCUT2D eigenvalue weighted by Crippen LogP contribution is -2.46. The molecular formula is C51H89NO5. The van der Waals surface area contributed by atoms with E-state index in [0.717, 1.165) is 83.5 Å². The molecule has 1 amide bonds. The first-order valence-electron chi connectivity index (χ1n) is 23.7. The highest BCUT2D eigenvalue weighted by Crippen LogP contribution is 2.17. The standard InChI is InChI=1S/C51H89NO5/c1-4-7-10-13-16-19-21-23-25-27-29-32-35-38-41-44-51(56)57-47(42-39-36-33-31-28-26-24-22-20-17-14-11-8-5-2)45-50(55)52-48(46-53)49(54)43-40-37-34-30-18-15-12-9-6-3/h7,10,13,16,19,21,23,25-29,47-49,53-54H,4-6,8-9,11-12,14-15,17-18,20,22,24,30-46H2,1-3H3,(H,52,55)/b10-7+,16-13+,21-19-,25-23-,28-26+,29-27+. The van der Waals surface area contributed by atoms with E-state index in [0.29, 0.717) is 19.3 Å². The largest absolute Gasteiger partial charge is 0.462 e. The van der Waals surface area contributed by atoms with Gasteiger partial charge in [-0.05, 0) is 70.6 Å². The monoisotopic (exact) mass is 796 g/mol. The highest BCUT2D eigenvalue weighted by molar-refractivity contribution is 5.77. The molecule has 0 aromatic carbocycles. The average molecular weight is 796 g/mol. The van der Waals surface area contributed by atoms with Crippen LogP contribution in [-0.4, -0.2) is 46.9 Å². The fraction of sp³-hybridized carbons (Fsp3) is 0.725. The van der Waals surface area contributed by atoms with Crippen LogP contribution >= 0.6 is 0 Å². The lowest BCUT2D eigenvalue weighted by molar-refractivity contribution is -0.151. The molecular weight excluding hydrogens is 707 g/mol. The number of carbonyl (C=O) groups is 2. The highest BCUT2D eigenvalue weighted by Gasteiger charge is 2.24. The molecule has 0 rings (SSSR count). The van der Waals surface area contributed by atoms with Gasteiger partial charge in [-0.15, -0.1) is 0 Å². The Morgan fingerprint density at radius 3 is 1.51 bits per heavy atom. The van der Waals surface area contributed by atoms with Crippen LogP contribution in [0.15, 0.2) is 72.9 Å². The third-order valence-corrected chi connectivity index (χ3v) is 10.4. The van der Waals surface area contributed by atoms with E-state index < -0.39 is 18.2 Å². The smallest absolute Gasteiger partial charge is 0.306 e. The van der Waals surface area contributed by atoms with Gasteiger partial charge in [-0.3, -0.25) is 9.59 Å². The summed E-state index contributed by atoms with van der Waals surface area (Å²) in [6.45, 7) is 6.29. The molecule has 0 aliphatic rings. The van der Waals surface area contributed by atoms with Crippen LogP contribution in [0.2, 0.25) is 0 Å². The molecule has 0 bridgehead atoms. The maximum absolute atomic E-state index is 13.1. The molecule has 3 unspecified atom stereocenters. The summed E-state index contributed by atoms with van der Waals surface area (Å²) in [6.07, 6.45) is 55.3. The molecule has 0 fully saturated rings. The number of aliphatic hydroxyl groups excluding tert-OH is 2. The number of ether oxygens (including phenoxy) is 1. The van der Waals surface area contributed by atoms with Crippen molar-refractivity contribution < 1.29 is 24.5 Å². The zero-order valence-electron chi connectivity index (χ0n) is 37.2. The van der Waals surface area contributed by atoms with Crippen molar-refractivity contribution in [1.29, 1.82) is 0 Å². The summed E-state index contributed by atoms with van der Waals surface area (Å²) in [5.74, 6) is -0.544. The number of unbranched alkanes of at least 4 members (excludes halogenated alkanes) is 21. The van der Waals surface area contributed by atoms with Crippen molar-refractivity contribution in [3.05, 3.63) is 72.9 Å². The van der Waals surface area contributed by atoms with Crippen LogP contribution < -0.4 is 5.32 Å². The first kappa shape index (κ1) is 54.3. The summed E-state index contributed by atoms with van der Waals surface area (Å²) in [5.41, 5.74) is 0. The van der Waals surface area contributed by atoms with Gasteiger partial charge in [0, 0.05) is 6.42 Å². The second-order valence-electron chi connectivity index (χ2n) is 15.9. The van der Waals surface area contributed by atoms with Crippen molar-refractivity contribution in [2.45, 2.75) is 232 Å². The van der Waals surface area contributed by atoms with Crippen molar-refractivity contribution in [3.8, 4) is 0 Å². The second kappa shape index (κ2) is 44.4. The summed E-state index contributed by atoms with van der Waals surface area (Å²) in [4.78, 5) is 26.0. The molecule has 0 heterocycles. The van der Waals surface area contributed by atoms with Gasteiger partial charge in [0.2, 0.25) is 5.91 Å². The third-order valence-electron chi connectivity index (χ3n) is 10.4. The molecule has 0 spiro atoms. The van der Waals surface area contributed by atoms with Gasteiger partial charge >= 0.3 is 5.97 Å². The SMILES string of the molecule is CC/C=C/C=C/C=C\C=C/C=C/CCCCCC(=O)OC(CCCCC/C=C/CCCCCCCCC)CC(=O)NC(CO)C(O)CCCCCCCCCCC. The van der Waals surface area contributed by atoms with E-state index in [1.807, 2.05) is 42.5 Å². The van der Waals surface area contributed by atoms with E-state index >= 15 is 0 Å². The van der Waals surface area contributed by atoms with Gasteiger partial charge in [-0.2, -0.15) is 0 Å². The summed E-state index contributed by atoms with van der Waals surface area (Å²) >= 11 is 0. The number of aliphatic hydroxyl groups is 2. The van der Waals surface area contributed by atoms with Crippen LogP contribution in [0.5, 0.6) is 0 Å². The molecule has 0 aromatic rings. The van der Waals surface area contributed by atoms with Crippen molar-refractivity contribution >= 4 is 11.9 Å². The Kier molecular flexibility index (Phi) is 42.3. The van der Waals surface area contributed by atoms with Crippen LogP contribution in [0.4, 0.5) is 0 Å². The summed E-state index contributed by atoms with van der Waals surface area (Å²) in [7, 11) is 0. The van der Waals surface area contributed by atoms with E-state index in [1.54, 1.807) is 0 Å². The maximum Gasteiger partial charge on any atom is 0.306 e. The number of esters is 1. The van der Waals surface area contributed by atoms with Crippen LogP contribution in [0, 0.1) is 0 Å². The molecule has 3 atom stereocenters. The molecule has 0 radical (unpaired) electrons. The fourth-order valence-electron chi connectivity index (χ4n) is 6.80. The molecule has 0 saturated carbocycles. The van der Waals surface area contributed by atoms with Gasteiger partial charge in [0.15, 0.2) is 0 Å². The Morgan fingerprint density at radius 1 is 0.526 bits per heavy atom. The lowest BCUT2D eigenvalue weighted by atomic mass is 10.0. The molecule has 0 aliphatic carbocycles. The van der Waals surface area contributed by atoms with E-state index in [1.165, 1.54) is 83.5 Å². The van der Waals surface area contributed by atoms with E-state index in [-0.39, 0.29) is 24.9 Å². The van der Waals surface area contributed by atoms with Crippen molar-refractivity contribution in [2.24, 2.45) is 0 Å². The normalized spacial score (nSPS) is 14.0. The maximum atomic E-state index is 13.1. The van der Waals surface area contributed by atoms with Crippen LogP contribution in [0.25, 0.3) is 0 Å². The molecule has 0 aromatic heterocycles. The predicted octanol–water partition coefficient (Wildman–Crippen LogP) is 13.8. The minimum atomic E-state index is -0.800. The Balaban J connectivity index is 4.72. The van der Waals surface area contributed by atoms with Crippen molar-refractivity contribution in [3.63, 3.8) is 0 Å². The van der Waals surface area contributed by atoms with Gasteiger partial charge in [0.25, 0.3) is 0 Å². The number of nitrogens with one attached hydrogen (secondary N) is 1. The number of amides is 1. The molecule has 6 nitrogen and oxygen atoms in total. The Hall–Kier alpha value is -2.70. The van der Waals surface area contributed by atoms with Crippen molar-refractivity contribution in [2.75, 3.05) is 6.61 Å². The van der Waals surface area contributed by atoms with Gasteiger partial charge in [0.1, 0.15) is 6.10 Å². The molecule has 328 valence electrons. The summed E-state index contributed by atoms with van der Waals surface area (Å²) < 4.78 is 5.89. The van der Waals surface area contributed by atoms with Crippen LogP contribution in [0.1, 0.15) is 213 Å². The number of allylic oxidation sites excluding steroid dienone is 12. The van der Waals surface area contributed by atoms with Gasteiger partial charge in [-0.1, -0.05) is 203 Å². The Bertz CT molecular complexity index is 1070. The zero-order valence-corrected chi connectivity index (χ0v) is 37.2. The summed E-state index contributed by atoms with van der Waals surface area (Å²) in [6, 6.07) is -0.716.